The summed E-state index contributed by atoms with van der Waals surface area (Å²) < 4.78 is 4.96. The van der Waals surface area contributed by atoms with Gasteiger partial charge in [0.1, 0.15) is 5.60 Å². The Morgan fingerprint density at radius 3 is 3.06 bits per heavy atom. The number of aliphatic hydroxyl groups is 1. The van der Waals surface area contributed by atoms with Gasteiger partial charge in [0.15, 0.2) is 0 Å². The molecule has 1 aromatic rings. The lowest BCUT2D eigenvalue weighted by Gasteiger charge is -2.24. The zero-order valence-electron chi connectivity index (χ0n) is 9.70. The van der Waals surface area contributed by atoms with E-state index in [1.54, 1.807) is 7.11 Å². The Morgan fingerprint density at radius 1 is 1.44 bits per heavy atom. The summed E-state index contributed by atoms with van der Waals surface area (Å²) >= 11 is 0. The third-order valence-electron chi connectivity index (χ3n) is 3.23. The quantitative estimate of drug-likeness (QED) is 0.730. The fourth-order valence-electron chi connectivity index (χ4n) is 2.32. The first-order valence-electron chi connectivity index (χ1n) is 5.77. The van der Waals surface area contributed by atoms with Crippen LogP contribution in [0.5, 0.6) is 0 Å². The molecule has 0 aromatic heterocycles. The van der Waals surface area contributed by atoms with Crippen molar-refractivity contribution in [2.75, 3.05) is 26.8 Å². The summed E-state index contributed by atoms with van der Waals surface area (Å²) in [5.41, 5.74) is 1.67. The zero-order valence-corrected chi connectivity index (χ0v) is 9.70. The third kappa shape index (κ3) is 2.26. The normalized spacial score (nSPS) is 23.4. The first kappa shape index (κ1) is 11.6. The number of methoxy groups -OCH3 is 1. The Hall–Kier alpha value is -0.900. The molecular weight excluding hydrogens is 202 g/mol. The molecule has 0 saturated heterocycles. The maximum atomic E-state index is 10.5. The lowest BCUT2D eigenvalue weighted by molar-refractivity contribution is 0.0372. The maximum absolute atomic E-state index is 10.5. The molecule has 1 aliphatic rings. The highest BCUT2D eigenvalue weighted by molar-refractivity contribution is 5.37. The van der Waals surface area contributed by atoms with E-state index in [0.29, 0.717) is 13.2 Å². The van der Waals surface area contributed by atoms with Crippen LogP contribution >= 0.6 is 0 Å². The maximum Gasteiger partial charge on any atom is 0.103 e. The molecule has 0 spiro atoms. The number of aryl methyl sites for hydroxylation is 1. The summed E-state index contributed by atoms with van der Waals surface area (Å²) in [4.78, 5) is 0. The fourth-order valence-corrected chi connectivity index (χ4v) is 2.32. The highest BCUT2D eigenvalue weighted by Crippen LogP contribution is 2.35. The van der Waals surface area contributed by atoms with E-state index in [9.17, 15) is 5.11 Å². The van der Waals surface area contributed by atoms with Crippen molar-refractivity contribution < 1.29 is 9.84 Å². The minimum Gasteiger partial charge on any atom is -0.384 e. The van der Waals surface area contributed by atoms with Crippen LogP contribution < -0.4 is 5.32 Å². The largest absolute Gasteiger partial charge is 0.384 e. The van der Waals surface area contributed by atoms with Gasteiger partial charge in [-0.15, -0.1) is 0 Å². The van der Waals surface area contributed by atoms with Crippen LogP contribution in [0, 0.1) is 0 Å². The van der Waals surface area contributed by atoms with Crippen molar-refractivity contribution in [3.8, 4) is 0 Å². The van der Waals surface area contributed by atoms with Gasteiger partial charge in [0.2, 0.25) is 0 Å². The predicted molar refractivity (Wildman–Crippen MR) is 63.4 cm³/mol. The van der Waals surface area contributed by atoms with Crippen LogP contribution in [-0.4, -0.2) is 31.9 Å². The first-order valence-corrected chi connectivity index (χ1v) is 5.77. The van der Waals surface area contributed by atoms with Gasteiger partial charge in [-0.05, 0) is 24.0 Å². The minimum atomic E-state index is -0.690. The second-order valence-corrected chi connectivity index (χ2v) is 4.36. The molecule has 2 N–H and O–H groups in total. The van der Waals surface area contributed by atoms with Crippen LogP contribution in [0.15, 0.2) is 24.3 Å². The molecule has 0 saturated carbocycles. The van der Waals surface area contributed by atoms with Crippen LogP contribution in [0.2, 0.25) is 0 Å². The van der Waals surface area contributed by atoms with Gasteiger partial charge in [-0.3, -0.25) is 0 Å². The Balaban J connectivity index is 1.99. The molecule has 1 aromatic carbocycles. The molecule has 2 rings (SSSR count). The Bertz CT molecular complexity index is 354. The molecule has 16 heavy (non-hydrogen) atoms. The smallest absolute Gasteiger partial charge is 0.103 e. The van der Waals surface area contributed by atoms with Crippen LogP contribution in [0.4, 0.5) is 0 Å². The molecule has 0 bridgehead atoms. The molecule has 1 unspecified atom stereocenters. The van der Waals surface area contributed by atoms with E-state index in [0.717, 1.165) is 24.9 Å². The molecular formula is C13H19NO2. The molecule has 0 amide bonds. The van der Waals surface area contributed by atoms with E-state index in [1.165, 1.54) is 5.56 Å². The van der Waals surface area contributed by atoms with E-state index in [4.69, 9.17) is 4.74 Å². The third-order valence-corrected chi connectivity index (χ3v) is 3.23. The van der Waals surface area contributed by atoms with Crippen molar-refractivity contribution in [1.82, 2.24) is 5.32 Å². The monoisotopic (exact) mass is 221 g/mol. The van der Waals surface area contributed by atoms with Gasteiger partial charge in [0, 0.05) is 20.2 Å². The predicted octanol–water partition coefficient (Wildman–Crippen LogP) is 1.06. The summed E-state index contributed by atoms with van der Waals surface area (Å²) in [6.45, 7) is 2.06. The van der Waals surface area contributed by atoms with Crippen molar-refractivity contribution in [3.05, 3.63) is 35.4 Å². The number of rotatable bonds is 5. The van der Waals surface area contributed by atoms with Gasteiger partial charge >= 0.3 is 0 Å². The fraction of sp³-hybridized carbons (Fsp3) is 0.538. The first-order chi connectivity index (χ1) is 7.76. The van der Waals surface area contributed by atoms with Crippen molar-refractivity contribution in [2.45, 2.75) is 18.4 Å². The van der Waals surface area contributed by atoms with Gasteiger partial charge < -0.3 is 15.2 Å². The molecule has 3 heteroatoms. The summed E-state index contributed by atoms with van der Waals surface area (Å²) in [5.74, 6) is 0. The molecule has 88 valence electrons. The lowest BCUT2D eigenvalue weighted by atomic mass is 9.96. The zero-order chi connectivity index (χ0) is 11.4. The van der Waals surface area contributed by atoms with Crippen molar-refractivity contribution >= 4 is 0 Å². The van der Waals surface area contributed by atoms with E-state index < -0.39 is 5.60 Å². The van der Waals surface area contributed by atoms with Crippen LogP contribution in [0.3, 0.4) is 0 Å². The van der Waals surface area contributed by atoms with E-state index in [1.807, 2.05) is 18.2 Å². The van der Waals surface area contributed by atoms with E-state index >= 15 is 0 Å². The van der Waals surface area contributed by atoms with Gasteiger partial charge in [-0.2, -0.15) is 0 Å². The average molecular weight is 221 g/mol. The highest BCUT2D eigenvalue weighted by Gasteiger charge is 2.35. The molecule has 0 heterocycles. The highest BCUT2D eigenvalue weighted by atomic mass is 16.5. The van der Waals surface area contributed by atoms with Gasteiger partial charge in [0.25, 0.3) is 0 Å². The van der Waals surface area contributed by atoms with Crippen LogP contribution in [0.1, 0.15) is 17.5 Å². The van der Waals surface area contributed by atoms with Gasteiger partial charge in [-0.1, -0.05) is 24.3 Å². The van der Waals surface area contributed by atoms with Crippen LogP contribution in [0.25, 0.3) is 0 Å². The number of benzene rings is 1. The Labute approximate surface area is 96.4 Å². The van der Waals surface area contributed by atoms with Crippen molar-refractivity contribution in [3.63, 3.8) is 0 Å². The second kappa shape index (κ2) is 4.95. The number of hydrogen-bond acceptors (Lipinski definition) is 3. The summed E-state index contributed by atoms with van der Waals surface area (Å²) in [5, 5.41) is 13.8. The summed E-state index contributed by atoms with van der Waals surface area (Å²) in [6.07, 6.45) is 1.78. The number of hydrogen-bond donors (Lipinski definition) is 2. The number of ether oxygens (including phenoxy) is 1. The molecule has 0 aliphatic heterocycles. The average Bonchev–Trinajstić information content (AvgIpc) is 2.64. The van der Waals surface area contributed by atoms with Crippen molar-refractivity contribution in [1.29, 1.82) is 0 Å². The van der Waals surface area contributed by atoms with E-state index in [2.05, 4.69) is 11.4 Å². The van der Waals surface area contributed by atoms with Gasteiger partial charge in [0.05, 0.1) is 6.61 Å². The molecule has 3 nitrogen and oxygen atoms in total. The molecule has 0 fully saturated rings. The molecule has 0 radical (unpaired) electrons. The summed E-state index contributed by atoms with van der Waals surface area (Å²) in [7, 11) is 1.68. The SMILES string of the molecule is COCCNCC1(O)CCc2ccccc21. The molecule has 1 atom stereocenters. The Kier molecular flexibility index (Phi) is 3.59. The topological polar surface area (TPSA) is 41.5 Å². The van der Waals surface area contributed by atoms with Crippen molar-refractivity contribution in [2.24, 2.45) is 0 Å². The number of nitrogens with one attached hydrogen (secondary N) is 1. The minimum absolute atomic E-state index is 0.605. The van der Waals surface area contributed by atoms with Gasteiger partial charge in [-0.25, -0.2) is 0 Å². The Morgan fingerprint density at radius 2 is 2.25 bits per heavy atom. The molecule has 1 aliphatic carbocycles. The van der Waals surface area contributed by atoms with E-state index in [-0.39, 0.29) is 0 Å². The second-order valence-electron chi connectivity index (χ2n) is 4.36. The number of fused-ring (bicyclic) bond motifs is 1. The lowest BCUT2D eigenvalue weighted by Crippen LogP contribution is -2.37. The standard InChI is InChI=1S/C13H19NO2/c1-16-9-8-14-10-13(15)7-6-11-4-2-3-5-12(11)13/h2-5,14-15H,6-10H2,1H3. The van der Waals surface area contributed by atoms with Crippen LogP contribution in [-0.2, 0) is 16.8 Å². The summed E-state index contributed by atoms with van der Waals surface area (Å²) in [6, 6.07) is 8.15.